The fourth-order valence-corrected chi connectivity index (χ4v) is 2.72. The molecule has 0 aromatic heterocycles. The van der Waals surface area contributed by atoms with E-state index >= 15 is 0 Å². The minimum Gasteiger partial charge on any atom is -0.494 e. The number of carbonyl (C=O) groups excluding carboxylic acids is 1. The zero-order valence-corrected chi connectivity index (χ0v) is 11.0. The predicted molar refractivity (Wildman–Crippen MR) is 66.8 cm³/mol. The molecule has 1 aromatic carbocycles. The summed E-state index contributed by atoms with van der Waals surface area (Å²) in [5.41, 5.74) is -0.00417. The summed E-state index contributed by atoms with van der Waals surface area (Å²) in [6, 6.07) is 4.33. The Morgan fingerprint density at radius 3 is 2.68 bits per heavy atom. The highest BCUT2D eigenvalue weighted by atomic mass is 32.2. The molecule has 1 aliphatic rings. The van der Waals surface area contributed by atoms with E-state index in [1.54, 1.807) is 0 Å². The largest absolute Gasteiger partial charge is 0.494 e. The first-order valence-electron chi connectivity index (χ1n) is 5.49. The van der Waals surface area contributed by atoms with E-state index in [-0.39, 0.29) is 24.4 Å². The molecule has 1 amide bonds. The third-order valence-electron chi connectivity index (χ3n) is 3.01. The van der Waals surface area contributed by atoms with Crippen LogP contribution in [0.2, 0.25) is 0 Å². The van der Waals surface area contributed by atoms with Crippen LogP contribution in [0, 0.1) is 5.82 Å². The molecule has 1 unspecified atom stereocenters. The van der Waals surface area contributed by atoms with E-state index in [2.05, 4.69) is 0 Å². The Morgan fingerprint density at radius 1 is 1.47 bits per heavy atom. The summed E-state index contributed by atoms with van der Waals surface area (Å²) in [6.45, 7) is -0.151. The Bertz CT molecular complexity index is 617. The van der Waals surface area contributed by atoms with Gasteiger partial charge in [0, 0.05) is 13.0 Å². The van der Waals surface area contributed by atoms with Gasteiger partial charge in [0.15, 0.2) is 11.6 Å². The number of rotatable bonds is 3. The zero-order chi connectivity index (χ0) is 14.2. The van der Waals surface area contributed by atoms with Gasteiger partial charge in [0.05, 0.1) is 12.8 Å². The molecule has 1 saturated heterocycles. The molecule has 1 heterocycles. The SMILES string of the molecule is COc1cccc(N2CC(S(N)(=O)=O)CC2=O)c1F. The Labute approximate surface area is 110 Å². The Balaban J connectivity index is 2.36. The third kappa shape index (κ3) is 2.54. The van der Waals surface area contributed by atoms with E-state index in [0.29, 0.717) is 0 Å². The van der Waals surface area contributed by atoms with E-state index < -0.39 is 27.0 Å². The number of benzene rings is 1. The lowest BCUT2D eigenvalue weighted by molar-refractivity contribution is -0.117. The summed E-state index contributed by atoms with van der Waals surface area (Å²) in [7, 11) is -2.51. The van der Waals surface area contributed by atoms with Crippen LogP contribution >= 0.6 is 0 Å². The molecule has 2 rings (SSSR count). The Kier molecular flexibility index (Phi) is 3.46. The molecule has 0 bridgehead atoms. The summed E-state index contributed by atoms with van der Waals surface area (Å²) in [6.07, 6.45) is -0.241. The number of ether oxygens (including phenoxy) is 1. The molecule has 0 aliphatic carbocycles. The number of carbonyl (C=O) groups is 1. The molecule has 2 N–H and O–H groups in total. The van der Waals surface area contributed by atoms with Crippen LogP contribution in [0.3, 0.4) is 0 Å². The lowest BCUT2D eigenvalue weighted by Crippen LogP contribution is -2.32. The number of primary sulfonamides is 1. The van der Waals surface area contributed by atoms with Crippen LogP contribution < -0.4 is 14.8 Å². The quantitative estimate of drug-likeness (QED) is 0.862. The Hall–Kier alpha value is -1.67. The molecule has 1 aromatic rings. The average molecular weight is 288 g/mol. The topological polar surface area (TPSA) is 89.7 Å². The van der Waals surface area contributed by atoms with Gasteiger partial charge in [-0.05, 0) is 12.1 Å². The average Bonchev–Trinajstić information content (AvgIpc) is 2.71. The van der Waals surface area contributed by atoms with E-state index in [1.165, 1.54) is 25.3 Å². The lowest BCUT2D eigenvalue weighted by Gasteiger charge is -2.18. The van der Waals surface area contributed by atoms with Crippen molar-refractivity contribution in [2.75, 3.05) is 18.6 Å². The molecule has 1 aliphatic heterocycles. The minimum absolute atomic E-state index is 0.00417. The van der Waals surface area contributed by atoms with Crippen LogP contribution in [-0.4, -0.2) is 33.2 Å². The maximum atomic E-state index is 14.0. The van der Waals surface area contributed by atoms with Gasteiger partial charge in [0.1, 0.15) is 5.25 Å². The van der Waals surface area contributed by atoms with Crippen LogP contribution in [0.5, 0.6) is 5.75 Å². The smallest absolute Gasteiger partial charge is 0.228 e. The van der Waals surface area contributed by atoms with Gasteiger partial charge in [-0.2, -0.15) is 0 Å². The van der Waals surface area contributed by atoms with E-state index in [0.717, 1.165) is 4.90 Å². The third-order valence-corrected chi connectivity index (χ3v) is 4.25. The van der Waals surface area contributed by atoms with Crippen LogP contribution in [0.15, 0.2) is 18.2 Å². The second kappa shape index (κ2) is 4.78. The monoisotopic (exact) mass is 288 g/mol. The predicted octanol–water partition coefficient (Wildman–Crippen LogP) is 0.228. The van der Waals surface area contributed by atoms with Crippen molar-refractivity contribution in [1.29, 1.82) is 0 Å². The first kappa shape index (κ1) is 13.8. The number of methoxy groups -OCH3 is 1. The van der Waals surface area contributed by atoms with Gasteiger partial charge < -0.3 is 9.64 Å². The van der Waals surface area contributed by atoms with Crippen molar-refractivity contribution in [3.05, 3.63) is 24.0 Å². The lowest BCUT2D eigenvalue weighted by atomic mass is 10.2. The van der Waals surface area contributed by atoms with Gasteiger partial charge in [0.2, 0.25) is 15.9 Å². The molecule has 0 spiro atoms. The van der Waals surface area contributed by atoms with Crippen LogP contribution in [0.25, 0.3) is 0 Å². The van der Waals surface area contributed by atoms with Gasteiger partial charge in [-0.1, -0.05) is 6.07 Å². The highest BCUT2D eigenvalue weighted by Gasteiger charge is 2.38. The maximum Gasteiger partial charge on any atom is 0.228 e. The molecule has 8 heteroatoms. The first-order valence-corrected chi connectivity index (χ1v) is 7.10. The number of hydrogen-bond donors (Lipinski definition) is 1. The molecule has 0 saturated carbocycles. The molecule has 1 atom stereocenters. The summed E-state index contributed by atoms with van der Waals surface area (Å²) < 4.78 is 41.3. The molecule has 1 fully saturated rings. The fourth-order valence-electron chi connectivity index (χ4n) is 1.99. The second-order valence-electron chi connectivity index (χ2n) is 4.21. The van der Waals surface area contributed by atoms with Crippen LogP contribution in [-0.2, 0) is 14.8 Å². The van der Waals surface area contributed by atoms with Gasteiger partial charge in [-0.3, -0.25) is 4.79 Å². The molecule has 0 radical (unpaired) electrons. The molecular weight excluding hydrogens is 275 g/mol. The minimum atomic E-state index is -3.82. The fraction of sp³-hybridized carbons (Fsp3) is 0.364. The van der Waals surface area contributed by atoms with Crippen molar-refractivity contribution in [3.8, 4) is 5.75 Å². The number of nitrogens with two attached hydrogens (primary N) is 1. The number of anilines is 1. The number of halogens is 1. The van der Waals surface area contributed by atoms with Crippen molar-refractivity contribution in [1.82, 2.24) is 0 Å². The second-order valence-corrected chi connectivity index (χ2v) is 6.06. The van der Waals surface area contributed by atoms with Crippen LogP contribution in [0.1, 0.15) is 6.42 Å². The molecule has 19 heavy (non-hydrogen) atoms. The maximum absolute atomic E-state index is 14.0. The summed E-state index contributed by atoms with van der Waals surface area (Å²) in [5.74, 6) is -1.19. The van der Waals surface area contributed by atoms with E-state index in [9.17, 15) is 17.6 Å². The van der Waals surface area contributed by atoms with Gasteiger partial charge in [0.25, 0.3) is 0 Å². The van der Waals surface area contributed by atoms with Crippen molar-refractivity contribution in [2.45, 2.75) is 11.7 Å². The summed E-state index contributed by atoms with van der Waals surface area (Å²) >= 11 is 0. The van der Waals surface area contributed by atoms with Crippen molar-refractivity contribution in [2.24, 2.45) is 5.14 Å². The Morgan fingerprint density at radius 2 is 2.16 bits per heavy atom. The van der Waals surface area contributed by atoms with Crippen molar-refractivity contribution >= 4 is 21.6 Å². The molecule has 6 nitrogen and oxygen atoms in total. The first-order chi connectivity index (χ1) is 8.84. The normalized spacial score (nSPS) is 19.8. The summed E-state index contributed by atoms with van der Waals surface area (Å²) in [5, 5.41) is 4.00. The molecule has 104 valence electrons. The number of sulfonamides is 1. The van der Waals surface area contributed by atoms with Gasteiger partial charge >= 0.3 is 0 Å². The summed E-state index contributed by atoms with van der Waals surface area (Å²) in [4.78, 5) is 12.9. The highest BCUT2D eigenvalue weighted by molar-refractivity contribution is 7.89. The standard InChI is InChI=1S/C11H13FN2O4S/c1-18-9-4-2-3-8(11(9)12)14-6-7(5-10(14)15)19(13,16)17/h2-4,7H,5-6H2,1H3,(H2,13,16,17). The van der Waals surface area contributed by atoms with Gasteiger partial charge in [-0.15, -0.1) is 0 Å². The van der Waals surface area contributed by atoms with E-state index in [4.69, 9.17) is 9.88 Å². The van der Waals surface area contributed by atoms with Gasteiger partial charge in [-0.25, -0.2) is 17.9 Å². The van der Waals surface area contributed by atoms with Crippen molar-refractivity contribution in [3.63, 3.8) is 0 Å². The van der Waals surface area contributed by atoms with Crippen molar-refractivity contribution < 1.29 is 22.3 Å². The number of nitrogens with zero attached hydrogens (tertiary/aromatic N) is 1. The number of amides is 1. The van der Waals surface area contributed by atoms with Crippen LogP contribution in [0.4, 0.5) is 10.1 Å². The van der Waals surface area contributed by atoms with E-state index in [1.807, 2.05) is 0 Å². The highest BCUT2D eigenvalue weighted by Crippen LogP contribution is 2.31. The zero-order valence-electron chi connectivity index (χ0n) is 10.2. The molecular formula is C11H13FN2O4S. The number of hydrogen-bond acceptors (Lipinski definition) is 4.